The monoisotopic (exact) mass is 388 g/mol. The number of rotatable bonds is 4. The molecule has 0 saturated heterocycles. The number of ether oxygens (including phenoxy) is 1. The van der Waals surface area contributed by atoms with E-state index < -0.39 is 9.05 Å². The van der Waals surface area contributed by atoms with E-state index >= 15 is 0 Å². The topological polar surface area (TPSA) is 43.4 Å². The predicted molar refractivity (Wildman–Crippen MR) is 87.4 cm³/mol. The van der Waals surface area contributed by atoms with Crippen LogP contribution in [0.25, 0.3) is 0 Å². The van der Waals surface area contributed by atoms with E-state index in [-0.39, 0.29) is 4.90 Å². The molecule has 6 heteroatoms. The average molecular weight is 390 g/mol. The molecule has 0 aliphatic carbocycles. The minimum absolute atomic E-state index is 0.122. The highest BCUT2D eigenvalue weighted by Gasteiger charge is 2.17. The van der Waals surface area contributed by atoms with Crippen molar-refractivity contribution in [2.45, 2.75) is 25.3 Å². The molecule has 0 radical (unpaired) electrons. The average Bonchev–Trinajstić information content (AvgIpc) is 2.39. The summed E-state index contributed by atoms with van der Waals surface area (Å²) in [5, 5.41) is 0. The van der Waals surface area contributed by atoms with Crippen LogP contribution in [0.4, 0.5) is 0 Å². The number of hydrogen-bond donors (Lipinski definition) is 0. The Hall–Kier alpha value is -1.04. The van der Waals surface area contributed by atoms with E-state index in [0.29, 0.717) is 17.9 Å². The van der Waals surface area contributed by atoms with Gasteiger partial charge in [0.25, 0.3) is 9.05 Å². The van der Waals surface area contributed by atoms with Crippen LogP contribution in [0.5, 0.6) is 5.75 Å². The molecule has 3 nitrogen and oxygen atoms in total. The molecule has 0 N–H and O–H groups in total. The second kappa shape index (κ2) is 6.38. The lowest BCUT2D eigenvalue weighted by Crippen LogP contribution is -2.01. The predicted octanol–water partition coefficient (Wildman–Crippen LogP) is 4.57. The summed E-state index contributed by atoms with van der Waals surface area (Å²) in [7, 11) is 1.67. The van der Waals surface area contributed by atoms with E-state index in [2.05, 4.69) is 15.9 Å². The van der Waals surface area contributed by atoms with Crippen molar-refractivity contribution in [3.63, 3.8) is 0 Å². The van der Waals surface area contributed by atoms with Crippen molar-refractivity contribution < 1.29 is 13.2 Å². The highest BCUT2D eigenvalue weighted by molar-refractivity contribution is 9.10. The maximum atomic E-state index is 11.5. The first-order valence-corrected chi connectivity index (χ1v) is 9.31. The summed E-state index contributed by atoms with van der Waals surface area (Å²) < 4.78 is 29.7. The van der Waals surface area contributed by atoms with Gasteiger partial charge in [0.1, 0.15) is 12.4 Å². The molecule has 0 saturated carbocycles. The Balaban J connectivity index is 2.24. The van der Waals surface area contributed by atoms with E-state index in [1.807, 2.05) is 31.2 Å². The summed E-state index contributed by atoms with van der Waals surface area (Å²) in [4.78, 5) is 0.122. The largest absolute Gasteiger partial charge is 0.489 e. The Morgan fingerprint density at radius 1 is 1.14 bits per heavy atom. The Morgan fingerprint density at radius 2 is 1.86 bits per heavy atom. The van der Waals surface area contributed by atoms with Gasteiger partial charge in [-0.05, 0) is 54.8 Å². The van der Waals surface area contributed by atoms with Gasteiger partial charge in [0.05, 0.1) is 4.90 Å². The summed E-state index contributed by atoms with van der Waals surface area (Å²) in [5.74, 6) is 0.650. The van der Waals surface area contributed by atoms with Crippen LogP contribution in [0.2, 0.25) is 0 Å². The smallest absolute Gasteiger partial charge is 0.261 e. The van der Waals surface area contributed by atoms with Gasteiger partial charge in [0.2, 0.25) is 0 Å². The molecule has 0 fully saturated rings. The first-order valence-electron chi connectivity index (χ1n) is 6.21. The molecule has 0 aliphatic heterocycles. The molecule has 0 atom stereocenters. The lowest BCUT2D eigenvalue weighted by atomic mass is 10.1. The first-order chi connectivity index (χ1) is 9.79. The molecule has 0 bridgehead atoms. The van der Waals surface area contributed by atoms with E-state index in [1.54, 1.807) is 13.0 Å². The Bertz CT molecular complexity index is 772. The second-order valence-electron chi connectivity index (χ2n) is 4.67. The van der Waals surface area contributed by atoms with Gasteiger partial charge in [-0.2, -0.15) is 0 Å². The van der Waals surface area contributed by atoms with Crippen molar-refractivity contribution >= 4 is 35.7 Å². The van der Waals surface area contributed by atoms with Crippen LogP contribution in [-0.4, -0.2) is 8.42 Å². The SMILES string of the molecule is Cc1c(OCc2cccc(Br)c2)ccc(S(=O)(=O)Cl)c1C. The fraction of sp³-hybridized carbons (Fsp3) is 0.200. The number of benzene rings is 2. The van der Waals surface area contributed by atoms with Crippen molar-refractivity contribution in [1.82, 2.24) is 0 Å². The van der Waals surface area contributed by atoms with Crippen LogP contribution in [0.15, 0.2) is 45.8 Å². The van der Waals surface area contributed by atoms with Crippen LogP contribution in [0.3, 0.4) is 0 Å². The zero-order valence-corrected chi connectivity index (χ0v) is 14.7. The van der Waals surface area contributed by atoms with Crippen LogP contribution < -0.4 is 4.74 Å². The number of halogens is 2. The molecule has 0 aliphatic rings. The summed E-state index contributed by atoms with van der Waals surface area (Å²) >= 11 is 3.41. The molecule has 0 unspecified atom stereocenters. The third-order valence-electron chi connectivity index (χ3n) is 3.23. The van der Waals surface area contributed by atoms with E-state index in [0.717, 1.165) is 15.6 Å². The van der Waals surface area contributed by atoms with Crippen LogP contribution in [0.1, 0.15) is 16.7 Å². The van der Waals surface area contributed by atoms with Crippen molar-refractivity contribution in [2.75, 3.05) is 0 Å². The maximum Gasteiger partial charge on any atom is 0.261 e. The van der Waals surface area contributed by atoms with Crippen molar-refractivity contribution in [3.8, 4) is 5.75 Å². The Kier molecular flexibility index (Phi) is 4.96. The minimum Gasteiger partial charge on any atom is -0.489 e. The zero-order chi connectivity index (χ0) is 15.6. The highest BCUT2D eigenvalue weighted by Crippen LogP contribution is 2.29. The Labute approximate surface area is 137 Å². The standard InChI is InChI=1S/C15H14BrClO3S/c1-10-11(2)15(21(17,18)19)7-6-14(10)20-9-12-4-3-5-13(16)8-12/h3-8H,9H2,1-2H3. The molecule has 2 rings (SSSR count). The zero-order valence-electron chi connectivity index (χ0n) is 11.6. The molecule has 0 spiro atoms. The molecule has 0 heterocycles. The lowest BCUT2D eigenvalue weighted by Gasteiger charge is -2.13. The van der Waals surface area contributed by atoms with Gasteiger partial charge in [-0.25, -0.2) is 8.42 Å². The van der Waals surface area contributed by atoms with Gasteiger partial charge < -0.3 is 4.74 Å². The van der Waals surface area contributed by atoms with Crippen LogP contribution in [-0.2, 0) is 15.7 Å². The van der Waals surface area contributed by atoms with Gasteiger partial charge in [-0.15, -0.1) is 0 Å². The minimum atomic E-state index is -3.74. The Morgan fingerprint density at radius 3 is 2.48 bits per heavy atom. The van der Waals surface area contributed by atoms with Gasteiger partial charge in [-0.3, -0.25) is 0 Å². The fourth-order valence-electron chi connectivity index (χ4n) is 1.98. The van der Waals surface area contributed by atoms with Gasteiger partial charge in [0.15, 0.2) is 0 Å². The van der Waals surface area contributed by atoms with Gasteiger partial charge in [-0.1, -0.05) is 28.1 Å². The highest BCUT2D eigenvalue weighted by atomic mass is 79.9. The van der Waals surface area contributed by atoms with Gasteiger partial charge in [0, 0.05) is 15.2 Å². The van der Waals surface area contributed by atoms with E-state index in [4.69, 9.17) is 15.4 Å². The fourth-order valence-corrected chi connectivity index (χ4v) is 3.68. The van der Waals surface area contributed by atoms with Crippen molar-refractivity contribution in [3.05, 3.63) is 57.6 Å². The molecule has 21 heavy (non-hydrogen) atoms. The second-order valence-corrected chi connectivity index (χ2v) is 8.12. The molecule has 2 aromatic rings. The quantitative estimate of drug-likeness (QED) is 0.719. The molecular formula is C15H14BrClO3S. The van der Waals surface area contributed by atoms with Crippen LogP contribution >= 0.6 is 26.6 Å². The maximum absolute atomic E-state index is 11.5. The molecular weight excluding hydrogens is 376 g/mol. The summed E-state index contributed by atoms with van der Waals surface area (Å²) in [6, 6.07) is 10.9. The first kappa shape index (κ1) is 16.3. The summed E-state index contributed by atoms with van der Waals surface area (Å²) in [6.07, 6.45) is 0. The molecule has 0 aromatic heterocycles. The molecule has 112 valence electrons. The summed E-state index contributed by atoms with van der Waals surface area (Å²) in [6.45, 7) is 3.94. The normalized spacial score (nSPS) is 11.4. The number of hydrogen-bond acceptors (Lipinski definition) is 3. The lowest BCUT2D eigenvalue weighted by molar-refractivity contribution is 0.303. The third-order valence-corrected chi connectivity index (χ3v) is 5.19. The third kappa shape index (κ3) is 3.99. The molecule has 2 aromatic carbocycles. The van der Waals surface area contributed by atoms with Crippen LogP contribution in [0, 0.1) is 13.8 Å². The van der Waals surface area contributed by atoms with Gasteiger partial charge >= 0.3 is 0 Å². The van der Waals surface area contributed by atoms with Crippen molar-refractivity contribution in [2.24, 2.45) is 0 Å². The van der Waals surface area contributed by atoms with E-state index in [1.165, 1.54) is 6.07 Å². The van der Waals surface area contributed by atoms with Crippen molar-refractivity contribution in [1.29, 1.82) is 0 Å². The molecule has 0 amide bonds. The van der Waals surface area contributed by atoms with E-state index in [9.17, 15) is 8.42 Å². The summed E-state index contributed by atoms with van der Waals surface area (Å²) in [5.41, 5.74) is 2.40.